The van der Waals surface area contributed by atoms with E-state index in [1.165, 1.54) is 12.4 Å². The molecule has 0 aliphatic carbocycles. The highest BCUT2D eigenvalue weighted by molar-refractivity contribution is 9.08. The maximum absolute atomic E-state index is 13.4. The number of rotatable bonds is 14. The van der Waals surface area contributed by atoms with E-state index in [9.17, 15) is 28.8 Å². The van der Waals surface area contributed by atoms with Gasteiger partial charge in [0.25, 0.3) is 23.6 Å². The summed E-state index contributed by atoms with van der Waals surface area (Å²) in [7, 11) is 0. The molecule has 0 radical (unpaired) electrons. The number of likely N-dealkylation sites (tertiary alicyclic amines) is 2. The largest absolute Gasteiger partial charge is 0.444 e. The van der Waals surface area contributed by atoms with Crippen molar-refractivity contribution in [3.05, 3.63) is 143 Å². The second kappa shape index (κ2) is 26.7. The van der Waals surface area contributed by atoms with Crippen molar-refractivity contribution in [1.29, 1.82) is 0 Å². The van der Waals surface area contributed by atoms with Crippen molar-refractivity contribution in [2.75, 3.05) is 43.4 Å². The zero-order valence-electron chi connectivity index (χ0n) is 45.6. The highest BCUT2D eigenvalue weighted by atomic mass is 79.9. The van der Waals surface area contributed by atoms with E-state index in [1.807, 2.05) is 109 Å². The summed E-state index contributed by atoms with van der Waals surface area (Å²) in [4.78, 5) is 90.4. The molecule has 0 bridgehead atoms. The van der Waals surface area contributed by atoms with Gasteiger partial charge in [-0.25, -0.2) is 19.6 Å². The van der Waals surface area contributed by atoms with Gasteiger partial charge in [0.15, 0.2) is 11.4 Å². The Morgan fingerprint density at radius 3 is 1.40 bits per heavy atom. The summed E-state index contributed by atoms with van der Waals surface area (Å²) < 4.78 is 16.7. The van der Waals surface area contributed by atoms with Crippen LogP contribution < -0.4 is 21.3 Å². The lowest BCUT2D eigenvalue weighted by molar-refractivity contribution is 0.00898. The van der Waals surface area contributed by atoms with Crippen molar-refractivity contribution in [3.8, 4) is 0 Å². The first-order valence-corrected chi connectivity index (χ1v) is 27.7. The van der Waals surface area contributed by atoms with Gasteiger partial charge in [-0.15, -0.1) is 0 Å². The van der Waals surface area contributed by atoms with Gasteiger partial charge in [-0.05, 0) is 156 Å². The lowest BCUT2D eigenvalue weighted by Gasteiger charge is -2.36. The average molecular weight is 1130 g/mol. The highest BCUT2D eigenvalue weighted by Crippen LogP contribution is 2.29. The van der Waals surface area contributed by atoms with Gasteiger partial charge in [-0.2, -0.15) is 0 Å². The molecule has 8 rings (SSSR count). The van der Waals surface area contributed by atoms with E-state index in [1.54, 1.807) is 46.2 Å². The van der Waals surface area contributed by atoms with E-state index in [0.717, 1.165) is 71.2 Å². The van der Waals surface area contributed by atoms with Crippen LogP contribution in [0.1, 0.15) is 140 Å². The van der Waals surface area contributed by atoms with Crippen LogP contribution in [-0.2, 0) is 26.1 Å². The number of nitrogens with one attached hydrogen (secondary N) is 4. The Labute approximate surface area is 464 Å². The van der Waals surface area contributed by atoms with Crippen LogP contribution in [0.15, 0.2) is 109 Å². The summed E-state index contributed by atoms with van der Waals surface area (Å²) in [6.07, 6.45) is 7.51. The molecule has 6 aromatic rings. The topological polar surface area (TPSA) is 210 Å². The van der Waals surface area contributed by atoms with Crippen LogP contribution in [0.5, 0.6) is 0 Å². The summed E-state index contributed by atoms with van der Waals surface area (Å²) in [6.45, 7) is 15.7. The number of alkyl halides is 1. The number of carbonyl (C=O) groups excluding carboxylic acids is 6. The van der Waals surface area contributed by atoms with Gasteiger partial charge in [-0.1, -0.05) is 76.6 Å². The molecular formula is C60H71BrN8O9. The van der Waals surface area contributed by atoms with Gasteiger partial charge >= 0.3 is 12.2 Å². The van der Waals surface area contributed by atoms with E-state index >= 15 is 0 Å². The number of amides is 6. The molecule has 4 aromatic carbocycles. The summed E-state index contributed by atoms with van der Waals surface area (Å²) in [5, 5.41) is 15.8. The van der Waals surface area contributed by atoms with Crippen molar-refractivity contribution in [1.82, 2.24) is 30.4 Å². The normalized spacial score (nSPS) is 15.6. The number of piperidine rings is 2. The number of fused-ring (bicyclic) bond motifs is 2. The van der Waals surface area contributed by atoms with Crippen molar-refractivity contribution < 1.29 is 43.0 Å². The van der Waals surface area contributed by atoms with Crippen LogP contribution >= 0.6 is 15.9 Å². The van der Waals surface area contributed by atoms with Crippen LogP contribution in [-0.4, -0.2) is 112 Å². The number of hydrogen-bond acceptors (Lipinski definition) is 11. The lowest BCUT2D eigenvalue weighted by Crippen LogP contribution is -2.50. The van der Waals surface area contributed by atoms with Crippen LogP contribution in [0.25, 0.3) is 21.5 Å². The summed E-state index contributed by atoms with van der Waals surface area (Å²) in [5.41, 5.74) is 2.73. The first-order valence-electron chi connectivity index (χ1n) is 26.6. The number of ether oxygens (including phenoxy) is 3. The maximum Gasteiger partial charge on any atom is 0.410 e. The molecule has 0 saturated carbocycles. The SMILES string of the molecule is CC(C)(C)OC(=O)N1CCCCC1CNC(=O)c1ncccc1NC(=O)c1ccc(CBr)c2ccccc12.CCOCc1ccc(C(=O)Nc2cccnc2C(=O)NCC2CCCCN2C(=O)OC(C)(C)C)c2ccccc12. The fourth-order valence-corrected chi connectivity index (χ4v) is 9.95. The molecule has 2 aliphatic rings. The van der Waals surface area contributed by atoms with Crippen molar-refractivity contribution in [2.24, 2.45) is 0 Å². The smallest absolute Gasteiger partial charge is 0.410 e. The first-order chi connectivity index (χ1) is 37.3. The predicted molar refractivity (Wildman–Crippen MR) is 306 cm³/mol. The molecule has 2 fully saturated rings. The number of benzene rings is 4. The average Bonchev–Trinajstić information content (AvgIpc) is 3.43. The fourth-order valence-electron chi connectivity index (χ4n) is 9.46. The Morgan fingerprint density at radius 1 is 0.551 bits per heavy atom. The van der Waals surface area contributed by atoms with Gasteiger partial charge in [0, 0.05) is 61.6 Å². The highest BCUT2D eigenvalue weighted by Gasteiger charge is 2.33. The van der Waals surface area contributed by atoms with Crippen molar-refractivity contribution in [2.45, 2.75) is 122 Å². The molecule has 6 amide bonds. The molecule has 4 heterocycles. The third-order valence-electron chi connectivity index (χ3n) is 13.2. The number of anilines is 2. The molecule has 2 unspecified atom stereocenters. The Kier molecular flexibility index (Phi) is 20.0. The van der Waals surface area contributed by atoms with E-state index < -0.39 is 23.0 Å². The Hall–Kier alpha value is -7.44. The second-order valence-electron chi connectivity index (χ2n) is 21.2. The summed E-state index contributed by atoms with van der Waals surface area (Å²) in [5.74, 6) is -1.52. The van der Waals surface area contributed by atoms with Gasteiger partial charge in [-0.3, -0.25) is 19.2 Å². The lowest BCUT2D eigenvalue weighted by atomic mass is 9.99. The molecule has 4 N–H and O–H groups in total. The Balaban J connectivity index is 0.000000226. The monoisotopic (exact) mass is 1130 g/mol. The van der Waals surface area contributed by atoms with E-state index in [-0.39, 0.29) is 60.6 Å². The zero-order chi connectivity index (χ0) is 56.0. The quantitative estimate of drug-likeness (QED) is 0.0754. The summed E-state index contributed by atoms with van der Waals surface area (Å²) in [6, 6.07) is 29.1. The minimum absolute atomic E-state index is 0.104. The molecule has 0 spiro atoms. The molecular weight excluding hydrogens is 1060 g/mol. The third kappa shape index (κ3) is 15.4. The maximum atomic E-state index is 13.4. The van der Waals surface area contributed by atoms with Crippen molar-refractivity contribution >= 4 is 84.7 Å². The molecule has 2 aromatic heterocycles. The minimum atomic E-state index is -0.599. The van der Waals surface area contributed by atoms with E-state index in [2.05, 4.69) is 47.2 Å². The van der Waals surface area contributed by atoms with Gasteiger partial charge in [0.2, 0.25) is 0 Å². The van der Waals surface area contributed by atoms with Crippen LogP contribution in [0.2, 0.25) is 0 Å². The third-order valence-corrected chi connectivity index (χ3v) is 13.8. The molecule has 2 aliphatic heterocycles. The molecule has 412 valence electrons. The molecule has 2 saturated heterocycles. The van der Waals surface area contributed by atoms with Crippen LogP contribution in [0.3, 0.4) is 0 Å². The molecule has 17 nitrogen and oxygen atoms in total. The first kappa shape index (κ1) is 58.2. The Bertz CT molecular complexity index is 3120. The van der Waals surface area contributed by atoms with Crippen molar-refractivity contribution in [3.63, 3.8) is 0 Å². The zero-order valence-corrected chi connectivity index (χ0v) is 47.2. The van der Waals surface area contributed by atoms with Gasteiger partial charge in [0.1, 0.15) is 11.2 Å². The van der Waals surface area contributed by atoms with Crippen LogP contribution in [0, 0.1) is 0 Å². The number of aromatic nitrogens is 2. The van der Waals surface area contributed by atoms with Gasteiger partial charge < -0.3 is 45.3 Å². The fraction of sp³-hybridized carbons (Fsp3) is 0.400. The number of hydrogen-bond donors (Lipinski definition) is 4. The number of nitrogens with zero attached hydrogens (tertiary/aromatic N) is 4. The molecule has 2 atom stereocenters. The number of halogens is 1. The Morgan fingerprint density at radius 2 is 0.974 bits per heavy atom. The van der Waals surface area contributed by atoms with E-state index in [0.29, 0.717) is 54.1 Å². The molecule has 18 heteroatoms. The van der Waals surface area contributed by atoms with Gasteiger partial charge in [0.05, 0.1) is 30.1 Å². The predicted octanol–water partition coefficient (Wildman–Crippen LogP) is 11.4. The van der Waals surface area contributed by atoms with E-state index in [4.69, 9.17) is 14.2 Å². The standard InChI is InChI=1S/C31H38N4O5.C29H33BrN4O4/c1-5-39-20-21-15-16-25(24-13-7-6-12-23(21)24)28(36)34-26-14-10-17-32-27(26)29(37)33-19-22-11-8-9-18-35(22)30(38)40-31(2,3)4;1-29(2,3)38-28(37)34-16-7-6-9-20(34)18-32-27(36)25-24(12-8-15-31-25)33-26(35)23-14-13-19(17-30)21-10-4-5-11-22(21)23/h6-7,10,12-17,22H,5,8-9,11,18-20H2,1-4H3,(H,33,37)(H,34,36);4-5,8,10-15,20H,6-7,9,16-18H2,1-3H3,(H,32,36)(H,33,35). The second-order valence-corrected chi connectivity index (χ2v) is 21.7. The van der Waals surface area contributed by atoms with Crippen LogP contribution in [0.4, 0.5) is 21.0 Å². The number of carbonyl (C=O) groups is 6. The molecule has 78 heavy (non-hydrogen) atoms. The number of pyridine rings is 2. The summed E-state index contributed by atoms with van der Waals surface area (Å²) >= 11 is 3.51. The minimum Gasteiger partial charge on any atom is -0.444 e.